The van der Waals surface area contributed by atoms with Gasteiger partial charge in [0.1, 0.15) is 0 Å². The molecule has 0 aliphatic heterocycles. The molecule has 8 heteroatoms. The molecule has 3 heterocycles. The van der Waals surface area contributed by atoms with Crippen LogP contribution in [-0.2, 0) is 6.54 Å². The SMILES string of the molecule is Clc1nc(NCc2ccoc2)nc(-n2cccn2)n1. The van der Waals surface area contributed by atoms with Gasteiger partial charge in [-0.15, -0.1) is 0 Å². The lowest BCUT2D eigenvalue weighted by molar-refractivity contribution is 0.564. The molecule has 0 fully saturated rings. The molecule has 0 saturated heterocycles. The van der Waals surface area contributed by atoms with Gasteiger partial charge in [-0.2, -0.15) is 20.1 Å². The van der Waals surface area contributed by atoms with E-state index in [-0.39, 0.29) is 5.28 Å². The zero-order valence-electron chi connectivity index (χ0n) is 9.69. The highest BCUT2D eigenvalue weighted by Gasteiger charge is 2.07. The van der Waals surface area contributed by atoms with E-state index in [1.54, 1.807) is 31.0 Å². The second kappa shape index (κ2) is 5.07. The summed E-state index contributed by atoms with van der Waals surface area (Å²) in [6.07, 6.45) is 6.61. The molecule has 3 aromatic heterocycles. The summed E-state index contributed by atoms with van der Waals surface area (Å²) in [6.45, 7) is 0.537. The molecular formula is C11H9ClN6O. The number of halogens is 1. The number of anilines is 1. The van der Waals surface area contributed by atoms with Crippen molar-refractivity contribution in [2.24, 2.45) is 0 Å². The Morgan fingerprint density at radius 2 is 2.26 bits per heavy atom. The lowest BCUT2D eigenvalue weighted by atomic mass is 10.3. The summed E-state index contributed by atoms with van der Waals surface area (Å²) in [5, 5.41) is 7.19. The number of rotatable bonds is 4. The number of aromatic nitrogens is 5. The Bertz CT molecular complexity index is 652. The molecule has 0 unspecified atom stereocenters. The van der Waals surface area contributed by atoms with E-state index in [0.29, 0.717) is 18.4 Å². The van der Waals surface area contributed by atoms with E-state index < -0.39 is 0 Å². The molecule has 0 saturated carbocycles. The van der Waals surface area contributed by atoms with Crippen LogP contribution in [0, 0.1) is 0 Å². The minimum Gasteiger partial charge on any atom is -0.472 e. The fourth-order valence-corrected chi connectivity index (χ4v) is 1.64. The number of nitrogens with one attached hydrogen (secondary N) is 1. The van der Waals surface area contributed by atoms with Crippen LogP contribution < -0.4 is 5.32 Å². The fourth-order valence-electron chi connectivity index (χ4n) is 1.48. The third-order valence-electron chi connectivity index (χ3n) is 2.34. The largest absolute Gasteiger partial charge is 0.472 e. The van der Waals surface area contributed by atoms with Gasteiger partial charge in [0, 0.05) is 24.5 Å². The number of hydrogen-bond acceptors (Lipinski definition) is 6. The van der Waals surface area contributed by atoms with Crippen molar-refractivity contribution in [3.63, 3.8) is 0 Å². The van der Waals surface area contributed by atoms with Crippen molar-refractivity contribution in [3.8, 4) is 5.95 Å². The molecule has 19 heavy (non-hydrogen) atoms. The summed E-state index contributed by atoms with van der Waals surface area (Å²) in [4.78, 5) is 12.2. The van der Waals surface area contributed by atoms with E-state index in [2.05, 4.69) is 25.4 Å². The van der Waals surface area contributed by atoms with Crippen molar-refractivity contribution < 1.29 is 4.42 Å². The minimum atomic E-state index is 0.107. The summed E-state index contributed by atoms with van der Waals surface area (Å²) < 4.78 is 6.49. The van der Waals surface area contributed by atoms with Crippen molar-refractivity contribution in [2.75, 3.05) is 5.32 Å². The van der Waals surface area contributed by atoms with Gasteiger partial charge in [-0.3, -0.25) is 0 Å². The van der Waals surface area contributed by atoms with Crippen LogP contribution in [0.2, 0.25) is 5.28 Å². The topological polar surface area (TPSA) is 81.7 Å². The monoisotopic (exact) mass is 276 g/mol. The Morgan fingerprint density at radius 3 is 3.00 bits per heavy atom. The molecule has 0 bridgehead atoms. The van der Waals surface area contributed by atoms with Gasteiger partial charge in [-0.25, -0.2) is 4.68 Å². The Hall–Kier alpha value is -2.41. The lowest BCUT2D eigenvalue weighted by Gasteiger charge is -2.05. The van der Waals surface area contributed by atoms with Crippen LogP contribution in [-0.4, -0.2) is 24.7 Å². The highest BCUT2D eigenvalue weighted by molar-refractivity contribution is 6.28. The van der Waals surface area contributed by atoms with E-state index >= 15 is 0 Å². The maximum atomic E-state index is 5.87. The van der Waals surface area contributed by atoms with Crippen LogP contribution in [0.5, 0.6) is 0 Å². The van der Waals surface area contributed by atoms with Gasteiger partial charge in [0.15, 0.2) is 0 Å². The molecule has 0 spiro atoms. The Kier molecular flexibility index (Phi) is 3.11. The van der Waals surface area contributed by atoms with Crippen LogP contribution in [0.4, 0.5) is 5.95 Å². The van der Waals surface area contributed by atoms with Gasteiger partial charge in [-0.05, 0) is 23.7 Å². The van der Waals surface area contributed by atoms with Gasteiger partial charge in [0.05, 0.1) is 12.5 Å². The third kappa shape index (κ3) is 2.71. The number of furan rings is 1. The average Bonchev–Trinajstić information content (AvgIpc) is 3.09. The first-order valence-electron chi connectivity index (χ1n) is 5.48. The molecule has 1 N–H and O–H groups in total. The van der Waals surface area contributed by atoms with Crippen molar-refractivity contribution >= 4 is 17.5 Å². The predicted octanol–water partition coefficient (Wildman–Crippen LogP) is 1.92. The minimum absolute atomic E-state index is 0.107. The predicted molar refractivity (Wildman–Crippen MR) is 68.0 cm³/mol. The van der Waals surface area contributed by atoms with Crippen LogP contribution in [0.25, 0.3) is 5.95 Å². The maximum absolute atomic E-state index is 5.87. The van der Waals surface area contributed by atoms with E-state index in [9.17, 15) is 0 Å². The average molecular weight is 277 g/mol. The fraction of sp³-hybridized carbons (Fsp3) is 0.0909. The Labute approximate surface area is 113 Å². The highest BCUT2D eigenvalue weighted by atomic mass is 35.5. The van der Waals surface area contributed by atoms with Crippen molar-refractivity contribution in [1.82, 2.24) is 24.7 Å². The van der Waals surface area contributed by atoms with Crippen LogP contribution in [0.15, 0.2) is 41.5 Å². The molecule has 0 radical (unpaired) electrons. The Morgan fingerprint density at radius 1 is 1.32 bits per heavy atom. The smallest absolute Gasteiger partial charge is 0.256 e. The number of nitrogens with zero attached hydrogens (tertiary/aromatic N) is 5. The zero-order chi connectivity index (χ0) is 13.1. The summed E-state index contributed by atoms with van der Waals surface area (Å²) >= 11 is 5.87. The normalized spacial score (nSPS) is 10.6. The first kappa shape index (κ1) is 11.7. The second-order valence-electron chi connectivity index (χ2n) is 3.66. The molecular weight excluding hydrogens is 268 g/mol. The third-order valence-corrected chi connectivity index (χ3v) is 2.51. The zero-order valence-corrected chi connectivity index (χ0v) is 10.4. The summed E-state index contributed by atoms with van der Waals surface area (Å²) in [5.41, 5.74) is 0.983. The van der Waals surface area contributed by atoms with E-state index in [1.165, 1.54) is 4.68 Å². The van der Waals surface area contributed by atoms with Crippen LogP contribution in [0.3, 0.4) is 0 Å². The quantitative estimate of drug-likeness (QED) is 0.784. The van der Waals surface area contributed by atoms with Crippen molar-refractivity contribution in [1.29, 1.82) is 0 Å². The molecule has 0 aliphatic rings. The Balaban J connectivity index is 1.82. The first-order chi connectivity index (χ1) is 9.31. The lowest BCUT2D eigenvalue weighted by Crippen LogP contribution is -2.09. The molecule has 3 rings (SSSR count). The summed E-state index contributed by atoms with van der Waals surface area (Å²) in [7, 11) is 0. The van der Waals surface area contributed by atoms with Crippen molar-refractivity contribution in [3.05, 3.63) is 47.9 Å². The van der Waals surface area contributed by atoms with E-state index in [1.807, 2.05) is 6.07 Å². The summed E-state index contributed by atoms with van der Waals surface area (Å²) in [5.74, 6) is 0.742. The molecule has 0 amide bonds. The van der Waals surface area contributed by atoms with Gasteiger partial charge in [0.25, 0.3) is 5.95 Å². The van der Waals surface area contributed by atoms with Gasteiger partial charge in [0.2, 0.25) is 11.2 Å². The highest BCUT2D eigenvalue weighted by Crippen LogP contribution is 2.10. The second-order valence-corrected chi connectivity index (χ2v) is 4.00. The molecule has 7 nitrogen and oxygen atoms in total. The van der Waals surface area contributed by atoms with E-state index in [0.717, 1.165) is 5.56 Å². The van der Waals surface area contributed by atoms with Crippen LogP contribution >= 0.6 is 11.6 Å². The molecule has 0 aliphatic carbocycles. The van der Waals surface area contributed by atoms with Crippen LogP contribution in [0.1, 0.15) is 5.56 Å². The van der Waals surface area contributed by atoms with Crippen molar-refractivity contribution in [2.45, 2.75) is 6.54 Å². The molecule has 96 valence electrons. The number of hydrogen-bond donors (Lipinski definition) is 1. The van der Waals surface area contributed by atoms with E-state index in [4.69, 9.17) is 16.0 Å². The standard InChI is InChI=1S/C11H9ClN6O/c12-9-15-10(13-6-8-2-5-19-7-8)17-11(16-9)18-4-1-3-14-18/h1-5,7H,6H2,(H,13,15,16,17). The van der Waals surface area contributed by atoms with Gasteiger partial charge < -0.3 is 9.73 Å². The van der Waals surface area contributed by atoms with Gasteiger partial charge >= 0.3 is 0 Å². The molecule has 0 aromatic carbocycles. The molecule has 0 atom stereocenters. The summed E-state index contributed by atoms with van der Waals surface area (Å²) in [6, 6.07) is 3.63. The molecule has 3 aromatic rings. The maximum Gasteiger partial charge on any atom is 0.256 e. The van der Waals surface area contributed by atoms with Gasteiger partial charge in [-0.1, -0.05) is 0 Å². The first-order valence-corrected chi connectivity index (χ1v) is 5.85.